The molecule has 1 atom stereocenters. The SMILES string of the molecule is CCOC1CC(CC(NN)c2cccc(OC3CC3)c2)C1. The van der Waals surface area contributed by atoms with Crippen LogP contribution in [0.15, 0.2) is 24.3 Å². The van der Waals surface area contributed by atoms with E-state index in [9.17, 15) is 0 Å². The van der Waals surface area contributed by atoms with E-state index in [1.54, 1.807) is 0 Å². The summed E-state index contributed by atoms with van der Waals surface area (Å²) in [6.07, 6.45) is 6.64. The fraction of sp³-hybridized carbons (Fsp3) is 0.647. The average molecular weight is 290 g/mol. The van der Waals surface area contributed by atoms with E-state index in [0.717, 1.165) is 31.6 Å². The number of nitrogens with two attached hydrogens (primary N) is 1. The molecule has 21 heavy (non-hydrogen) atoms. The maximum Gasteiger partial charge on any atom is 0.120 e. The quantitative estimate of drug-likeness (QED) is 0.571. The van der Waals surface area contributed by atoms with Crippen LogP contribution in [0.3, 0.4) is 0 Å². The Balaban J connectivity index is 1.55. The molecular formula is C17H26N2O2. The van der Waals surface area contributed by atoms with Crippen molar-refractivity contribution in [2.45, 2.75) is 57.3 Å². The molecule has 1 aromatic rings. The lowest BCUT2D eigenvalue weighted by Crippen LogP contribution is -2.36. The first-order chi connectivity index (χ1) is 10.3. The average Bonchev–Trinajstić information content (AvgIpc) is 3.25. The summed E-state index contributed by atoms with van der Waals surface area (Å²) in [5, 5.41) is 0. The number of ether oxygens (including phenoxy) is 2. The van der Waals surface area contributed by atoms with Crippen LogP contribution in [-0.2, 0) is 4.74 Å². The van der Waals surface area contributed by atoms with E-state index >= 15 is 0 Å². The van der Waals surface area contributed by atoms with Crippen molar-refractivity contribution in [3.05, 3.63) is 29.8 Å². The van der Waals surface area contributed by atoms with Gasteiger partial charge in [0, 0.05) is 12.6 Å². The summed E-state index contributed by atoms with van der Waals surface area (Å²) in [7, 11) is 0. The van der Waals surface area contributed by atoms with Crippen molar-refractivity contribution < 1.29 is 9.47 Å². The molecule has 2 fully saturated rings. The van der Waals surface area contributed by atoms with Gasteiger partial charge >= 0.3 is 0 Å². The topological polar surface area (TPSA) is 56.5 Å². The van der Waals surface area contributed by atoms with E-state index in [1.807, 2.05) is 6.07 Å². The van der Waals surface area contributed by atoms with Crippen LogP contribution in [-0.4, -0.2) is 18.8 Å². The van der Waals surface area contributed by atoms with Crippen molar-refractivity contribution in [3.8, 4) is 5.75 Å². The van der Waals surface area contributed by atoms with Gasteiger partial charge in [0.2, 0.25) is 0 Å². The van der Waals surface area contributed by atoms with Gasteiger partial charge in [0.15, 0.2) is 0 Å². The van der Waals surface area contributed by atoms with Gasteiger partial charge in [-0.2, -0.15) is 0 Å². The van der Waals surface area contributed by atoms with Crippen LogP contribution in [0.4, 0.5) is 0 Å². The first kappa shape index (κ1) is 14.8. The third kappa shape index (κ3) is 3.96. The van der Waals surface area contributed by atoms with Crippen LogP contribution in [0.5, 0.6) is 5.75 Å². The van der Waals surface area contributed by atoms with Gasteiger partial charge in [-0.25, -0.2) is 0 Å². The van der Waals surface area contributed by atoms with Crippen LogP contribution >= 0.6 is 0 Å². The highest BCUT2D eigenvalue weighted by molar-refractivity contribution is 5.31. The van der Waals surface area contributed by atoms with Crippen molar-refractivity contribution >= 4 is 0 Å². The summed E-state index contributed by atoms with van der Waals surface area (Å²) in [4.78, 5) is 0. The van der Waals surface area contributed by atoms with E-state index in [0.29, 0.717) is 18.1 Å². The highest BCUT2D eigenvalue weighted by Crippen LogP contribution is 2.37. The first-order valence-electron chi connectivity index (χ1n) is 8.12. The first-order valence-corrected chi connectivity index (χ1v) is 8.12. The predicted octanol–water partition coefficient (Wildman–Crippen LogP) is 2.94. The molecule has 3 rings (SSSR count). The molecule has 1 aromatic carbocycles. The summed E-state index contributed by atoms with van der Waals surface area (Å²) in [5.74, 6) is 7.44. The second-order valence-electron chi connectivity index (χ2n) is 6.26. The third-order valence-corrected chi connectivity index (χ3v) is 4.45. The van der Waals surface area contributed by atoms with Gasteiger partial charge in [0.25, 0.3) is 0 Å². The molecule has 0 aliphatic heterocycles. The van der Waals surface area contributed by atoms with Gasteiger partial charge in [0.05, 0.1) is 12.2 Å². The minimum absolute atomic E-state index is 0.195. The van der Waals surface area contributed by atoms with Gasteiger partial charge in [-0.3, -0.25) is 11.3 Å². The smallest absolute Gasteiger partial charge is 0.120 e. The zero-order chi connectivity index (χ0) is 14.7. The lowest BCUT2D eigenvalue weighted by atomic mass is 9.77. The van der Waals surface area contributed by atoms with E-state index < -0.39 is 0 Å². The lowest BCUT2D eigenvalue weighted by molar-refractivity contribution is -0.0291. The summed E-state index contributed by atoms with van der Waals surface area (Å²) in [6.45, 7) is 2.87. The fourth-order valence-corrected chi connectivity index (χ4v) is 3.06. The fourth-order valence-electron chi connectivity index (χ4n) is 3.06. The summed E-state index contributed by atoms with van der Waals surface area (Å²) < 4.78 is 11.5. The Morgan fingerprint density at radius 1 is 1.29 bits per heavy atom. The van der Waals surface area contributed by atoms with Crippen molar-refractivity contribution in [1.29, 1.82) is 0 Å². The van der Waals surface area contributed by atoms with E-state index in [1.165, 1.54) is 18.4 Å². The maximum absolute atomic E-state index is 5.87. The van der Waals surface area contributed by atoms with Gasteiger partial charge in [-0.15, -0.1) is 0 Å². The summed E-state index contributed by atoms with van der Waals surface area (Å²) in [5.41, 5.74) is 4.18. The Hall–Kier alpha value is -1.10. The molecule has 0 amide bonds. The molecule has 2 saturated carbocycles. The molecular weight excluding hydrogens is 264 g/mol. The number of nitrogens with one attached hydrogen (secondary N) is 1. The molecule has 0 bridgehead atoms. The molecule has 4 heteroatoms. The summed E-state index contributed by atoms with van der Waals surface area (Å²) in [6, 6.07) is 8.54. The van der Waals surface area contributed by atoms with Crippen molar-refractivity contribution in [2.24, 2.45) is 11.8 Å². The second-order valence-corrected chi connectivity index (χ2v) is 6.26. The number of hydrazine groups is 1. The van der Waals surface area contributed by atoms with Gasteiger partial charge in [-0.1, -0.05) is 12.1 Å². The minimum Gasteiger partial charge on any atom is -0.490 e. The molecule has 0 heterocycles. The highest BCUT2D eigenvalue weighted by atomic mass is 16.5. The van der Waals surface area contributed by atoms with Crippen LogP contribution in [0.1, 0.15) is 50.6 Å². The Morgan fingerprint density at radius 2 is 2.10 bits per heavy atom. The van der Waals surface area contributed by atoms with Crippen molar-refractivity contribution in [2.75, 3.05) is 6.61 Å². The van der Waals surface area contributed by atoms with Crippen LogP contribution in [0.2, 0.25) is 0 Å². The van der Waals surface area contributed by atoms with Crippen molar-refractivity contribution in [3.63, 3.8) is 0 Å². The molecule has 0 spiro atoms. The molecule has 0 radical (unpaired) electrons. The van der Waals surface area contributed by atoms with Crippen LogP contribution in [0, 0.1) is 5.92 Å². The molecule has 3 N–H and O–H groups in total. The van der Waals surface area contributed by atoms with Gasteiger partial charge < -0.3 is 9.47 Å². The van der Waals surface area contributed by atoms with Crippen molar-refractivity contribution in [1.82, 2.24) is 5.43 Å². The number of hydrogen-bond acceptors (Lipinski definition) is 4. The van der Waals surface area contributed by atoms with E-state index in [4.69, 9.17) is 15.3 Å². The zero-order valence-corrected chi connectivity index (χ0v) is 12.8. The summed E-state index contributed by atoms with van der Waals surface area (Å²) >= 11 is 0. The molecule has 1 unspecified atom stereocenters. The minimum atomic E-state index is 0.195. The molecule has 116 valence electrons. The normalized spacial score (nSPS) is 26.2. The van der Waals surface area contributed by atoms with Crippen LogP contribution < -0.4 is 16.0 Å². The third-order valence-electron chi connectivity index (χ3n) is 4.45. The largest absolute Gasteiger partial charge is 0.490 e. The predicted molar refractivity (Wildman–Crippen MR) is 82.9 cm³/mol. The molecule has 0 saturated heterocycles. The Kier molecular flexibility index (Phi) is 4.78. The zero-order valence-electron chi connectivity index (χ0n) is 12.8. The highest BCUT2D eigenvalue weighted by Gasteiger charge is 2.31. The van der Waals surface area contributed by atoms with E-state index in [-0.39, 0.29) is 6.04 Å². The lowest BCUT2D eigenvalue weighted by Gasteiger charge is -2.37. The van der Waals surface area contributed by atoms with Gasteiger partial charge in [0.1, 0.15) is 5.75 Å². The molecule has 4 nitrogen and oxygen atoms in total. The molecule has 2 aliphatic rings. The van der Waals surface area contributed by atoms with Crippen LogP contribution in [0.25, 0.3) is 0 Å². The number of hydrogen-bond donors (Lipinski definition) is 2. The van der Waals surface area contributed by atoms with Gasteiger partial charge in [-0.05, 0) is 62.6 Å². The Morgan fingerprint density at radius 3 is 2.76 bits per heavy atom. The number of rotatable bonds is 8. The maximum atomic E-state index is 5.87. The molecule has 0 aromatic heterocycles. The standard InChI is InChI=1S/C17H26N2O2/c1-2-20-16-8-12(9-16)10-17(19-18)13-4-3-5-15(11-13)21-14-6-7-14/h3-5,11-12,14,16-17,19H,2,6-10,18H2,1H3. The molecule has 2 aliphatic carbocycles. The Labute approximate surface area is 127 Å². The van der Waals surface area contributed by atoms with E-state index in [2.05, 4.69) is 30.5 Å². The monoisotopic (exact) mass is 290 g/mol. The number of benzene rings is 1. The Bertz CT molecular complexity index is 456. The second kappa shape index (κ2) is 6.77.